The van der Waals surface area contributed by atoms with Gasteiger partial charge < -0.3 is 5.32 Å². The van der Waals surface area contributed by atoms with Crippen LogP contribution < -0.4 is 5.32 Å². The molecule has 0 saturated heterocycles. The number of nitrogens with one attached hydrogen (secondary N) is 1. The van der Waals surface area contributed by atoms with Crippen LogP contribution in [0.1, 0.15) is 11.3 Å². The second kappa shape index (κ2) is 7.68. The fourth-order valence-electron chi connectivity index (χ4n) is 2.41. The van der Waals surface area contributed by atoms with Crippen LogP contribution in [0.3, 0.4) is 0 Å². The summed E-state index contributed by atoms with van der Waals surface area (Å²) in [6.07, 6.45) is 1.52. The number of aryl methyl sites for hydroxylation is 1. The Morgan fingerprint density at radius 2 is 1.88 bits per heavy atom. The normalized spacial score (nSPS) is 11.0. The van der Waals surface area contributed by atoms with Gasteiger partial charge in [-0.15, -0.1) is 0 Å². The molecule has 0 fully saturated rings. The Bertz CT molecular complexity index is 999. The number of hydrogen-bond donors (Lipinski definition) is 1. The molecule has 0 aliphatic rings. The van der Waals surface area contributed by atoms with Crippen molar-refractivity contribution in [2.75, 3.05) is 5.32 Å². The molecule has 26 heavy (non-hydrogen) atoms. The lowest BCUT2D eigenvalue weighted by Gasteiger charge is -2.08. The van der Waals surface area contributed by atoms with Crippen molar-refractivity contribution < 1.29 is 4.79 Å². The molecule has 0 aliphatic heterocycles. The molecule has 1 aromatic heterocycles. The third-order valence-corrected chi connectivity index (χ3v) is 3.87. The molecule has 1 N–H and O–H groups in total. The topological polar surface area (TPSA) is 70.7 Å². The van der Waals surface area contributed by atoms with Gasteiger partial charge in [-0.3, -0.25) is 4.79 Å². The highest BCUT2D eigenvalue weighted by atomic mass is 35.5. The molecule has 128 valence electrons. The minimum atomic E-state index is -0.500. The van der Waals surface area contributed by atoms with E-state index < -0.39 is 5.91 Å². The molecule has 0 aliphatic carbocycles. The molecule has 1 amide bonds. The lowest BCUT2D eigenvalue weighted by Crippen LogP contribution is -2.16. The largest absolute Gasteiger partial charge is 0.306 e. The van der Waals surface area contributed by atoms with E-state index >= 15 is 0 Å². The molecule has 0 bridgehead atoms. The predicted octanol–water partition coefficient (Wildman–Crippen LogP) is 4.38. The van der Waals surface area contributed by atoms with Crippen LogP contribution in [0.5, 0.6) is 0 Å². The lowest BCUT2D eigenvalue weighted by atomic mass is 10.1. The van der Waals surface area contributed by atoms with E-state index in [4.69, 9.17) is 11.6 Å². The second-order valence-corrected chi connectivity index (χ2v) is 6.03. The number of carbonyl (C=O) groups is 1. The van der Waals surface area contributed by atoms with E-state index in [1.165, 1.54) is 6.08 Å². The van der Waals surface area contributed by atoms with Crippen LogP contribution in [0.15, 0.2) is 66.2 Å². The van der Waals surface area contributed by atoms with Gasteiger partial charge in [-0.1, -0.05) is 41.9 Å². The quantitative estimate of drug-likeness (QED) is 0.553. The van der Waals surface area contributed by atoms with Crippen molar-refractivity contribution in [2.45, 2.75) is 6.92 Å². The van der Waals surface area contributed by atoms with Crippen molar-refractivity contribution in [3.63, 3.8) is 0 Å². The molecule has 2 aromatic carbocycles. The van der Waals surface area contributed by atoms with E-state index in [0.29, 0.717) is 16.4 Å². The summed E-state index contributed by atoms with van der Waals surface area (Å²) in [4.78, 5) is 12.5. The van der Waals surface area contributed by atoms with E-state index in [-0.39, 0.29) is 5.57 Å². The van der Waals surface area contributed by atoms with Crippen molar-refractivity contribution in [3.8, 4) is 11.8 Å². The molecular formula is C20H15ClN4O. The monoisotopic (exact) mass is 362 g/mol. The average molecular weight is 363 g/mol. The molecule has 0 radical (unpaired) electrons. The smallest absolute Gasteiger partial charge is 0.267 e. The van der Waals surface area contributed by atoms with E-state index in [1.54, 1.807) is 35.0 Å². The number of nitriles is 1. The number of hydrogen-bond acceptors (Lipinski definition) is 3. The zero-order valence-electron chi connectivity index (χ0n) is 14.0. The number of rotatable bonds is 4. The Hall–Kier alpha value is -3.36. The van der Waals surface area contributed by atoms with Gasteiger partial charge in [0.05, 0.1) is 11.4 Å². The Labute approximate surface area is 156 Å². The highest BCUT2D eigenvalue weighted by Crippen LogP contribution is 2.18. The van der Waals surface area contributed by atoms with Crippen molar-refractivity contribution in [3.05, 3.63) is 82.5 Å². The number of aromatic nitrogens is 2. The maximum atomic E-state index is 12.5. The minimum Gasteiger partial charge on any atom is -0.306 e. The van der Waals surface area contributed by atoms with Crippen molar-refractivity contribution in [1.82, 2.24) is 9.78 Å². The molecule has 3 rings (SSSR count). The molecule has 0 atom stereocenters. The van der Waals surface area contributed by atoms with E-state index in [9.17, 15) is 10.1 Å². The molecule has 5 nitrogen and oxygen atoms in total. The summed E-state index contributed by atoms with van der Waals surface area (Å²) in [6, 6.07) is 20.0. The average Bonchev–Trinajstić information content (AvgIpc) is 3.02. The standard InChI is InChI=1S/C20H15ClN4O/c1-14-11-19(25(24-14)18-5-3-2-4-6-18)23-20(26)16(13-22)12-15-7-9-17(21)10-8-15/h2-12H,1H3,(H,23,26). The Balaban J connectivity index is 1.88. The van der Waals surface area contributed by atoms with Crippen molar-refractivity contribution >= 4 is 29.4 Å². The Morgan fingerprint density at radius 1 is 1.19 bits per heavy atom. The van der Waals surface area contributed by atoms with Gasteiger partial charge in [0.15, 0.2) is 0 Å². The summed E-state index contributed by atoms with van der Waals surface area (Å²) in [5.41, 5.74) is 2.28. The van der Waals surface area contributed by atoms with Crippen LogP contribution in [0.25, 0.3) is 11.8 Å². The van der Waals surface area contributed by atoms with Gasteiger partial charge >= 0.3 is 0 Å². The fraction of sp³-hybridized carbons (Fsp3) is 0.0500. The highest BCUT2D eigenvalue weighted by Gasteiger charge is 2.14. The van der Waals surface area contributed by atoms with Crippen LogP contribution in [-0.2, 0) is 4.79 Å². The SMILES string of the molecule is Cc1cc(NC(=O)C(C#N)=Cc2ccc(Cl)cc2)n(-c2ccccc2)n1. The number of halogens is 1. The number of anilines is 1. The summed E-state index contributed by atoms with van der Waals surface area (Å²) >= 11 is 5.86. The molecule has 1 heterocycles. The van der Waals surface area contributed by atoms with E-state index in [2.05, 4.69) is 10.4 Å². The third kappa shape index (κ3) is 4.00. The van der Waals surface area contributed by atoms with Gasteiger partial charge in [0, 0.05) is 11.1 Å². The number of amides is 1. The summed E-state index contributed by atoms with van der Waals surface area (Å²) in [5, 5.41) is 17.1. The zero-order chi connectivity index (χ0) is 18.5. The summed E-state index contributed by atoms with van der Waals surface area (Å²) in [6.45, 7) is 1.84. The molecule has 0 saturated carbocycles. The summed E-state index contributed by atoms with van der Waals surface area (Å²) < 4.78 is 1.63. The number of carbonyl (C=O) groups excluding carboxylic acids is 1. The zero-order valence-corrected chi connectivity index (χ0v) is 14.7. The van der Waals surface area contributed by atoms with Gasteiger partial charge in [-0.2, -0.15) is 10.4 Å². The molecule has 6 heteroatoms. The summed E-state index contributed by atoms with van der Waals surface area (Å²) in [5.74, 6) is -0.00418. The molecule has 0 unspecified atom stereocenters. The maximum absolute atomic E-state index is 12.5. The van der Waals surface area contributed by atoms with Crippen molar-refractivity contribution in [2.24, 2.45) is 0 Å². The van der Waals surface area contributed by atoms with E-state index in [1.807, 2.05) is 43.3 Å². The van der Waals surface area contributed by atoms with Gasteiger partial charge in [-0.25, -0.2) is 4.68 Å². The van der Waals surface area contributed by atoms with Gasteiger partial charge in [0.1, 0.15) is 17.5 Å². The van der Waals surface area contributed by atoms with Gasteiger partial charge in [0.25, 0.3) is 5.91 Å². The maximum Gasteiger partial charge on any atom is 0.267 e. The third-order valence-electron chi connectivity index (χ3n) is 3.62. The van der Waals surface area contributed by atoms with Gasteiger partial charge in [0.2, 0.25) is 0 Å². The van der Waals surface area contributed by atoms with Crippen molar-refractivity contribution in [1.29, 1.82) is 5.26 Å². The first-order valence-corrected chi connectivity index (χ1v) is 8.25. The minimum absolute atomic E-state index is 0.00853. The second-order valence-electron chi connectivity index (χ2n) is 5.59. The first kappa shape index (κ1) is 17.5. The van der Waals surface area contributed by atoms with Crippen LogP contribution in [0, 0.1) is 18.3 Å². The Kier molecular flexibility index (Phi) is 5.16. The van der Waals surface area contributed by atoms with E-state index in [0.717, 1.165) is 11.4 Å². The molecule has 3 aromatic rings. The number of benzene rings is 2. The summed E-state index contributed by atoms with van der Waals surface area (Å²) in [7, 11) is 0. The molecule has 0 spiro atoms. The van der Waals surface area contributed by atoms with Crippen LogP contribution >= 0.6 is 11.6 Å². The van der Waals surface area contributed by atoms with Crippen LogP contribution in [0.2, 0.25) is 5.02 Å². The van der Waals surface area contributed by atoms with Crippen LogP contribution in [0.4, 0.5) is 5.82 Å². The molecular weight excluding hydrogens is 348 g/mol. The fourth-order valence-corrected chi connectivity index (χ4v) is 2.54. The predicted molar refractivity (Wildman–Crippen MR) is 102 cm³/mol. The van der Waals surface area contributed by atoms with Gasteiger partial charge in [-0.05, 0) is 42.8 Å². The number of nitrogens with zero attached hydrogens (tertiary/aromatic N) is 3. The Morgan fingerprint density at radius 3 is 2.54 bits per heavy atom. The highest BCUT2D eigenvalue weighted by molar-refractivity contribution is 6.30. The number of para-hydroxylation sites is 1. The first-order valence-electron chi connectivity index (χ1n) is 7.87. The first-order chi connectivity index (χ1) is 12.6. The van der Waals surface area contributed by atoms with Crippen LogP contribution in [-0.4, -0.2) is 15.7 Å². The lowest BCUT2D eigenvalue weighted by molar-refractivity contribution is -0.112.